The van der Waals surface area contributed by atoms with Crippen molar-refractivity contribution in [3.05, 3.63) is 121 Å². The summed E-state index contributed by atoms with van der Waals surface area (Å²) in [6, 6.07) is 38.9. The van der Waals surface area contributed by atoms with E-state index in [9.17, 15) is 18.0 Å². The number of ketones is 1. The average Bonchev–Trinajstić information content (AvgIpc) is 2.93. The molecule has 4 aromatic carbocycles. The van der Waals surface area contributed by atoms with Crippen LogP contribution in [0.25, 0.3) is 0 Å². The van der Waals surface area contributed by atoms with Gasteiger partial charge >= 0.3 is 5.51 Å². The van der Waals surface area contributed by atoms with Crippen LogP contribution in [0.15, 0.2) is 130 Å². The number of carbonyl (C=O) groups excluding carboxylic acids is 1. The predicted octanol–water partition coefficient (Wildman–Crippen LogP) is 6.88. The van der Waals surface area contributed by atoms with Gasteiger partial charge in [-0.1, -0.05) is 54.6 Å². The molecule has 39 heavy (non-hydrogen) atoms. The molecule has 0 aliphatic carbocycles. The Morgan fingerprint density at radius 2 is 1.13 bits per heavy atom. The molecule has 0 saturated carbocycles. The number of ether oxygens (including phenoxy) is 1. The van der Waals surface area contributed by atoms with Gasteiger partial charge in [-0.2, -0.15) is 13.2 Å². The third-order valence-corrected chi connectivity index (χ3v) is 8.01. The van der Waals surface area contributed by atoms with E-state index in [1.54, 1.807) is 0 Å². The molecule has 0 bridgehead atoms. The van der Waals surface area contributed by atoms with Crippen LogP contribution in [0.3, 0.4) is 0 Å². The fourth-order valence-electron chi connectivity index (χ4n) is 3.38. The van der Waals surface area contributed by atoms with Crippen LogP contribution in [0.1, 0.15) is 23.2 Å². The number of benzene rings is 4. The molecule has 0 amide bonds. The number of alkyl halides is 3. The zero-order valence-electron chi connectivity index (χ0n) is 20.6. The van der Waals surface area contributed by atoms with Crippen LogP contribution >= 0.6 is 0 Å². The number of halogens is 3. The van der Waals surface area contributed by atoms with Crippen molar-refractivity contribution in [2.45, 2.75) is 33.0 Å². The van der Waals surface area contributed by atoms with E-state index in [1.165, 1.54) is 14.7 Å². The highest BCUT2D eigenvalue weighted by molar-refractivity contribution is 7.97. The van der Waals surface area contributed by atoms with Crippen LogP contribution in [0.4, 0.5) is 13.2 Å². The van der Waals surface area contributed by atoms with Crippen LogP contribution < -0.4 is 4.74 Å². The van der Waals surface area contributed by atoms with Crippen LogP contribution in [-0.4, -0.2) is 30.9 Å². The van der Waals surface area contributed by atoms with Gasteiger partial charge in [0, 0.05) is 12.0 Å². The molecule has 0 aromatic heterocycles. The fraction of sp³-hybridized carbons (Fsp3) is 0.138. The standard InChI is InChI=1S/C28H25O2S.CHF3O3S/c29-28(17-10-22-30-24-11-4-1-5-12-24)23-18-20-27(21-19-23)31(25-13-6-2-7-14-25)26-15-8-3-9-16-26;2-1(3,4)8(5,6)7/h1-9,11-16,18-21H,10,17,22H2;(H,5,6,7)/q+1;/p-1. The van der Waals surface area contributed by atoms with Crippen LogP contribution in [0.5, 0.6) is 5.75 Å². The molecular formula is C29H25F3O5S2. The Hall–Kier alpha value is -3.60. The van der Waals surface area contributed by atoms with E-state index in [-0.39, 0.29) is 16.7 Å². The van der Waals surface area contributed by atoms with Gasteiger partial charge in [0.2, 0.25) is 0 Å². The molecule has 0 aliphatic heterocycles. The van der Waals surface area contributed by atoms with Crippen molar-refractivity contribution in [3.8, 4) is 5.75 Å². The average molecular weight is 575 g/mol. The van der Waals surface area contributed by atoms with Gasteiger partial charge in [0.25, 0.3) is 0 Å². The third kappa shape index (κ3) is 9.27. The highest BCUT2D eigenvalue weighted by Gasteiger charge is 2.37. The van der Waals surface area contributed by atoms with E-state index in [4.69, 9.17) is 17.7 Å². The number of Topliss-reactive ketones (excluding diaryl/α,β-unsaturated/α-hetero) is 1. The van der Waals surface area contributed by atoms with Crippen molar-refractivity contribution in [2.75, 3.05) is 6.61 Å². The van der Waals surface area contributed by atoms with Crippen LogP contribution in [0, 0.1) is 0 Å². The molecule has 10 heteroatoms. The highest BCUT2D eigenvalue weighted by Crippen LogP contribution is 2.31. The van der Waals surface area contributed by atoms with Gasteiger partial charge in [-0.3, -0.25) is 4.79 Å². The SMILES string of the molecule is O=C(CCCOc1ccccc1)c1ccc([S+](c2ccccc2)c2ccccc2)cc1.O=S(=O)([O-])C(F)(F)F. The van der Waals surface area contributed by atoms with Gasteiger partial charge < -0.3 is 9.29 Å². The van der Waals surface area contributed by atoms with E-state index in [2.05, 4.69) is 60.7 Å². The van der Waals surface area contributed by atoms with E-state index in [0.717, 1.165) is 11.3 Å². The van der Waals surface area contributed by atoms with Crippen LogP contribution in [0.2, 0.25) is 0 Å². The summed E-state index contributed by atoms with van der Waals surface area (Å²) in [5, 5.41) is 0. The molecule has 0 heterocycles. The van der Waals surface area contributed by atoms with Crippen molar-refractivity contribution in [3.63, 3.8) is 0 Å². The molecule has 4 aromatic rings. The van der Waals surface area contributed by atoms with Gasteiger partial charge in [0.15, 0.2) is 30.6 Å². The van der Waals surface area contributed by atoms with Crippen molar-refractivity contribution in [1.82, 2.24) is 0 Å². The Morgan fingerprint density at radius 3 is 1.56 bits per heavy atom. The summed E-state index contributed by atoms with van der Waals surface area (Å²) >= 11 is 0. The first-order chi connectivity index (χ1) is 18.6. The molecule has 0 atom stereocenters. The lowest BCUT2D eigenvalue weighted by atomic mass is 10.1. The summed E-state index contributed by atoms with van der Waals surface area (Å²) in [5.41, 5.74) is -4.89. The lowest BCUT2D eigenvalue weighted by Crippen LogP contribution is -2.21. The molecule has 0 spiro atoms. The second-order valence-corrected chi connectivity index (χ2v) is 11.4. The van der Waals surface area contributed by atoms with Gasteiger partial charge in [-0.05, 0) is 67.1 Å². The summed E-state index contributed by atoms with van der Waals surface area (Å²) in [6.07, 6.45) is 1.18. The largest absolute Gasteiger partial charge is 0.741 e. The first kappa shape index (κ1) is 29.9. The normalized spacial score (nSPS) is 11.4. The molecule has 0 saturated heterocycles. The third-order valence-electron chi connectivity index (χ3n) is 5.21. The van der Waals surface area contributed by atoms with Crippen molar-refractivity contribution >= 4 is 26.8 Å². The quantitative estimate of drug-likeness (QED) is 0.0716. The Bertz CT molecular complexity index is 1370. The zero-order chi connectivity index (χ0) is 28.3. The number of para-hydroxylation sites is 1. The van der Waals surface area contributed by atoms with Gasteiger partial charge in [0.05, 0.1) is 17.5 Å². The molecule has 4 rings (SSSR count). The van der Waals surface area contributed by atoms with Crippen molar-refractivity contribution in [2.24, 2.45) is 0 Å². The van der Waals surface area contributed by atoms with E-state index in [1.807, 2.05) is 54.6 Å². The summed E-state index contributed by atoms with van der Waals surface area (Å²) in [4.78, 5) is 16.4. The summed E-state index contributed by atoms with van der Waals surface area (Å²) in [7, 11) is -6.29. The maximum Gasteiger partial charge on any atom is 0.485 e. The highest BCUT2D eigenvalue weighted by atomic mass is 32.2. The second-order valence-electron chi connectivity index (χ2n) is 8.04. The van der Waals surface area contributed by atoms with E-state index >= 15 is 0 Å². The monoisotopic (exact) mass is 574 g/mol. The Balaban J connectivity index is 0.000000459. The lowest BCUT2D eigenvalue weighted by molar-refractivity contribution is -0.0517. The maximum absolute atomic E-state index is 12.6. The number of hydrogen-bond donors (Lipinski definition) is 0. The minimum atomic E-state index is -6.09. The second kappa shape index (κ2) is 14.0. The summed E-state index contributed by atoms with van der Waals surface area (Å²) < 4.78 is 64.6. The maximum atomic E-state index is 12.6. The molecular weight excluding hydrogens is 549 g/mol. The molecule has 0 N–H and O–H groups in total. The number of rotatable bonds is 9. The first-order valence-corrected chi connectivity index (χ1v) is 14.4. The predicted molar refractivity (Wildman–Crippen MR) is 143 cm³/mol. The minimum Gasteiger partial charge on any atom is -0.741 e. The van der Waals surface area contributed by atoms with Gasteiger partial charge in [-0.15, -0.1) is 0 Å². The van der Waals surface area contributed by atoms with Crippen molar-refractivity contribution < 1.29 is 35.7 Å². The minimum absolute atomic E-state index is 0.155. The first-order valence-electron chi connectivity index (χ1n) is 11.7. The van der Waals surface area contributed by atoms with Gasteiger partial charge in [0.1, 0.15) is 5.75 Å². The van der Waals surface area contributed by atoms with Crippen LogP contribution in [-0.2, 0) is 21.0 Å². The Labute approximate surface area is 228 Å². The van der Waals surface area contributed by atoms with Crippen molar-refractivity contribution in [1.29, 1.82) is 0 Å². The Kier molecular flexibility index (Phi) is 10.7. The smallest absolute Gasteiger partial charge is 0.485 e. The molecule has 0 unspecified atom stereocenters. The van der Waals surface area contributed by atoms with E-state index < -0.39 is 15.6 Å². The summed E-state index contributed by atoms with van der Waals surface area (Å²) in [5.74, 6) is 0.996. The number of carbonyl (C=O) groups is 1. The fourth-order valence-corrected chi connectivity index (χ4v) is 5.47. The molecule has 0 aliphatic rings. The summed E-state index contributed by atoms with van der Waals surface area (Å²) in [6.45, 7) is 0.541. The molecule has 0 fully saturated rings. The lowest BCUT2D eigenvalue weighted by Gasteiger charge is -2.09. The number of hydrogen-bond acceptors (Lipinski definition) is 5. The van der Waals surface area contributed by atoms with Gasteiger partial charge in [-0.25, -0.2) is 8.42 Å². The molecule has 5 nitrogen and oxygen atoms in total. The zero-order valence-corrected chi connectivity index (χ0v) is 22.2. The topological polar surface area (TPSA) is 83.5 Å². The molecule has 0 radical (unpaired) electrons. The molecule has 204 valence electrons. The van der Waals surface area contributed by atoms with E-state index in [0.29, 0.717) is 19.4 Å². The Morgan fingerprint density at radius 1 is 0.718 bits per heavy atom.